The van der Waals surface area contributed by atoms with E-state index in [-0.39, 0.29) is 22.6 Å². The fourth-order valence-electron chi connectivity index (χ4n) is 2.65. The van der Waals surface area contributed by atoms with Gasteiger partial charge in [0.15, 0.2) is 5.78 Å². The summed E-state index contributed by atoms with van der Waals surface area (Å²) in [6.07, 6.45) is 2.04. The van der Waals surface area contributed by atoms with E-state index in [0.29, 0.717) is 11.4 Å². The monoisotopic (exact) mass is 309 g/mol. The molecular weight excluding hydrogens is 294 g/mol. The Labute approximate surface area is 132 Å². The van der Waals surface area contributed by atoms with Gasteiger partial charge in [0.25, 0.3) is 5.91 Å². The predicted molar refractivity (Wildman–Crippen MR) is 83.3 cm³/mol. The molecule has 116 valence electrons. The molecular formula is C17H15N3O3. The predicted octanol–water partition coefficient (Wildman–Crippen LogP) is 1.78. The largest absolute Gasteiger partial charge is 0.382 e. The van der Waals surface area contributed by atoms with E-state index in [4.69, 9.17) is 0 Å². The third-order valence-corrected chi connectivity index (χ3v) is 3.74. The first-order valence-electron chi connectivity index (χ1n) is 7.11. The maximum Gasteiger partial charge on any atom is 0.257 e. The van der Waals surface area contributed by atoms with Crippen molar-refractivity contribution in [2.45, 2.75) is 20.0 Å². The number of aliphatic hydroxyl groups is 1. The minimum atomic E-state index is -1.25. The number of Topliss-reactive ketones (excluding diaryl/α,β-unsaturated/α-hetero) is 1. The summed E-state index contributed by atoms with van der Waals surface area (Å²) >= 11 is 0. The summed E-state index contributed by atoms with van der Waals surface area (Å²) in [5.41, 5.74) is 2.25. The number of hydrogen-bond donors (Lipinski definition) is 2. The van der Waals surface area contributed by atoms with Gasteiger partial charge in [0.2, 0.25) is 0 Å². The second-order valence-electron chi connectivity index (χ2n) is 5.32. The number of ketones is 1. The lowest BCUT2D eigenvalue weighted by atomic mass is 9.98. The molecule has 23 heavy (non-hydrogen) atoms. The average molecular weight is 309 g/mol. The molecule has 1 atom stereocenters. The van der Waals surface area contributed by atoms with Crippen molar-refractivity contribution in [3.8, 4) is 11.3 Å². The molecule has 0 fully saturated rings. The van der Waals surface area contributed by atoms with E-state index in [1.807, 2.05) is 6.07 Å². The molecule has 0 saturated heterocycles. The fraction of sp³-hybridized carbons (Fsp3) is 0.176. The third-order valence-electron chi connectivity index (χ3n) is 3.74. The maximum absolute atomic E-state index is 12.3. The molecule has 0 bridgehead atoms. The summed E-state index contributed by atoms with van der Waals surface area (Å²) in [6.45, 7) is 2.94. The van der Waals surface area contributed by atoms with Gasteiger partial charge in [0, 0.05) is 29.2 Å². The topological polar surface area (TPSA) is 92.2 Å². The van der Waals surface area contributed by atoms with Crippen molar-refractivity contribution in [1.29, 1.82) is 0 Å². The highest BCUT2D eigenvalue weighted by atomic mass is 16.3. The lowest BCUT2D eigenvalue weighted by molar-refractivity contribution is -0.114. The van der Waals surface area contributed by atoms with Crippen LogP contribution in [-0.4, -0.2) is 26.8 Å². The number of rotatable bonds is 2. The first kappa shape index (κ1) is 15.1. The molecule has 6 nitrogen and oxygen atoms in total. The van der Waals surface area contributed by atoms with E-state index in [9.17, 15) is 14.7 Å². The maximum atomic E-state index is 12.3. The van der Waals surface area contributed by atoms with Crippen LogP contribution in [0.4, 0.5) is 0 Å². The highest BCUT2D eigenvalue weighted by molar-refractivity contribution is 6.02. The summed E-state index contributed by atoms with van der Waals surface area (Å²) in [5, 5.41) is 13.2. The van der Waals surface area contributed by atoms with Crippen LogP contribution in [0, 0.1) is 0 Å². The first-order valence-corrected chi connectivity index (χ1v) is 7.11. The van der Waals surface area contributed by atoms with Crippen molar-refractivity contribution < 1.29 is 14.7 Å². The molecule has 0 aromatic carbocycles. The number of carbonyl (C=O) groups is 2. The van der Waals surface area contributed by atoms with Gasteiger partial charge in [-0.25, -0.2) is 4.98 Å². The van der Waals surface area contributed by atoms with Crippen molar-refractivity contribution in [3.05, 3.63) is 59.2 Å². The van der Waals surface area contributed by atoms with Crippen molar-refractivity contribution in [2.75, 3.05) is 0 Å². The molecule has 6 heteroatoms. The molecule has 0 radical (unpaired) electrons. The summed E-state index contributed by atoms with van der Waals surface area (Å²) in [5.74, 6) is -0.699. The summed E-state index contributed by atoms with van der Waals surface area (Å²) in [7, 11) is 0. The van der Waals surface area contributed by atoms with Crippen LogP contribution < -0.4 is 5.32 Å². The highest BCUT2D eigenvalue weighted by Crippen LogP contribution is 2.30. The van der Waals surface area contributed by atoms with Crippen LogP contribution in [0.3, 0.4) is 0 Å². The second-order valence-corrected chi connectivity index (χ2v) is 5.32. The summed E-state index contributed by atoms with van der Waals surface area (Å²) in [6, 6.07) is 6.89. The van der Waals surface area contributed by atoms with E-state index in [1.54, 1.807) is 37.5 Å². The zero-order valence-corrected chi connectivity index (χ0v) is 12.7. The molecule has 0 saturated carbocycles. The number of aromatic nitrogens is 2. The molecule has 2 aromatic rings. The standard InChI is InChI=1S/C17H15N3O3/c1-9-14(10(2)21)16(22)15-12(17(23)19-9)5-6-13(20-15)11-4-3-7-18-8-11/h3-8,16,22H,1-2H3,(H,19,23). The Kier molecular flexibility index (Phi) is 3.75. The number of nitrogens with one attached hydrogen (secondary N) is 1. The molecule has 2 N–H and O–H groups in total. The SMILES string of the molecule is CC(=O)C1=C(C)NC(=O)c2ccc(-c3cccnc3)nc2C1O. The van der Waals surface area contributed by atoms with E-state index in [2.05, 4.69) is 15.3 Å². The number of amides is 1. The Balaban J connectivity index is 2.18. The van der Waals surface area contributed by atoms with Crippen LogP contribution in [0.25, 0.3) is 11.3 Å². The molecule has 1 unspecified atom stereocenters. The summed E-state index contributed by atoms with van der Waals surface area (Å²) < 4.78 is 0. The number of carbonyl (C=O) groups excluding carboxylic acids is 2. The van der Waals surface area contributed by atoms with E-state index in [1.165, 1.54) is 6.92 Å². The van der Waals surface area contributed by atoms with Gasteiger partial charge >= 0.3 is 0 Å². The Hall–Kier alpha value is -2.86. The highest BCUT2D eigenvalue weighted by Gasteiger charge is 2.30. The van der Waals surface area contributed by atoms with Gasteiger partial charge in [-0.05, 0) is 38.1 Å². The van der Waals surface area contributed by atoms with E-state index >= 15 is 0 Å². The van der Waals surface area contributed by atoms with Gasteiger partial charge in [-0.2, -0.15) is 0 Å². The van der Waals surface area contributed by atoms with Crippen molar-refractivity contribution >= 4 is 11.7 Å². The number of aliphatic hydroxyl groups excluding tert-OH is 1. The number of nitrogens with zero attached hydrogens (tertiary/aromatic N) is 2. The molecule has 1 aliphatic rings. The van der Waals surface area contributed by atoms with Gasteiger partial charge in [-0.1, -0.05) is 0 Å². The molecule has 2 aromatic heterocycles. The average Bonchev–Trinajstić information content (AvgIpc) is 2.63. The van der Waals surface area contributed by atoms with Crippen LogP contribution in [0.2, 0.25) is 0 Å². The fourth-order valence-corrected chi connectivity index (χ4v) is 2.65. The van der Waals surface area contributed by atoms with E-state index in [0.717, 1.165) is 5.56 Å². The third kappa shape index (κ3) is 2.64. The van der Waals surface area contributed by atoms with Crippen LogP contribution >= 0.6 is 0 Å². The molecule has 3 rings (SSSR count). The summed E-state index contributed by atoms with van der Waals surface area (Å²) in [4.78, 5) is 32.5. The van der Waals surface area contributed by atoms with Crippen LogP contribution in [0.1, 0.15) is 36.0 Å². The van der Waals surface area contributed by atoms with Gasteiger partial charge in [-0.15, -0.1) is 0 Å². The Morgan fingerprint density at radius 2 is 2.09 bits per heavy atom. The lowest BCUT2D eigenvalue weighted by Gasteiger charge is -2.14. The van der Waals surface area contributed by atoms with Gasteiger partial charge in [0.1, 0.15) is 6.10 Å². The van der Waals surface area contributed by atoms with Crippen molar-refractivity contribution in [2.24, 2.45) is 0 Å². The van der Waals surface area contributed by atoms with Crippen molar-refractivity contribution in [1.82, 2.24) is 15.3 Å². The number of fused-ring (bicyclic) bond motifs is 1. The minimum Gasteiger partial charge on any atom is -0.382 e. The zero-order valence-electron chi connectivity index (χ0n) is 12.7. The molecule has 0 spiro atoms. The Bertz CT molecular complexity index is 828. The van der Waals surface area contributed by atoms with Gasteiger partial charge in [-0.3, -0.25) is 14.6 Å². The Morgan fingerprint density at radius 3 is 2.74 bits per heavy atom. The lowest BCUT2D eigenvalue weighted by Crippen LogP contribution is -2.22. The quantitative estimate of drug-likeness (QED) is 0.882. The second kappa shape index (κ2) is 5.73. The number of allylic oxidation sites excluding steroid dienone is 1. The normalized spacial score (nSPS) is 17.3. The smallest absolute Gasteiger partial charge is 0.257 e. The zero-order chi connectivity index (χ0) is 16.6. The van der Waals surface area contributed by atoms with Crippen LogP contribution in [0.5, 0.6) is 0 Å². The molecule has 1 amide bonds. The molecule has 1 aliphatic heterocycles. The van der Waals surface area contributed by atoms with Crippen molar-refractivity contribution in [3.63, 3.8) is 0 Å². The minimum absolute atomic E-state index is 0.146. The molecule has 0 aliphatic carbocycles. The van der Waals surface area contributed by atoms with Crippen LogP contribution in [-0.2, 0) is 4.79 Å². The van der Waals surface area contributed by atoms with E-state index < -0.39 is 12.0 Å². The number of pyridine rings is 2. The van der Waals surface area contributed by atoms with Gasteiger partial charge < -0.3 is 10.4 Å². The Morgan fingerprint density at radius 1 is 1.30 bits per heavy atom. The van der Waals surface area contributed by atoms with Gasteiger partial charge in [0.05, 0.1) is 17.0 Å². The molecule has 3 heterocycles. The first-order chi connectivity index (χ1) is 11.0. The van der Waals surface area contributed by atoms with Crippen LogP contribution in [0.15, 0.2) is 47.9 Å². The number of hydrogen-bond acceptors (Lipinski definition) is 5.